The number of carboxylic acids is 1. The van der Waals surface area contributed by atoms with Crippen molar-refractivity contribution in [1.29, 1.82) is 0 Å². The molecule has 0 aromatic carbocycles. The van der Waals surface area contributed by atoms with Crippen LogP contribution < -0.4 is 10.6 Å². The van der Waals surface area contributed by atoms with Gasteiger partial charge < -0.3 is 20.5 Å². The standard InChI is InChI=1S/C14H19N3O4/c1-10(2)9-21-6-5-15-14(20)17-8-11-3-4-12(13(18)19)16-7-11/h3-4,7H,1,5-6,8-9H2,2H3,(H,18,19)(H2,15,17,20). The Morgan fingerprint density at radius 3 is 2.71 bits per heavy atom. The highest BCUT2D eigenvalue weighted by Crippen LogP contribution is 1.99. The van der Waals surface area contributed by atoms with Crippen LogP contribution in [0.3, 0.4) is 0 Å². The van der Waals surface area contributed by atoms with E-state index in [2.05, 4.69) is 22.2 Å². The first-order chi connectivity index (χ1) is 9.99. The zero-order chi connectivity index (χ0) is 15.7. The quantitative estimate of drug-likeness (QED) is 0.493. The van der Waals surface area contributed by atoms with Crippen LogP contribution in [0.25, 0.3) is 0 Å². The van der Waals surface area contributed by atoms with Gasteiger partial charge in [-0.25, -0.2) is 14.6 Å². The van der Waals surface area contributed by atoms with E-state index in [0.717, 1.165) is 5.57 Å². The van der Waals surface area contributed by atoms with E-state index in [4.69, 9.17) is 9.84 Å². The highest BCUT2D eigenvalue weighted by atomic mass is 16.5. The second-order valence-electron chi connectivity index (χ2n) is 4.48. The van der Waals surface area contributed by atoms with Crippen molar-refractivity contribution in [2.24, 2.45) is 0 Å². The average molecular weight is 293 g/mol. The second-order valence-corrected chi connectivity index (χ2v) is 4.48. The molecule has 0 atom stereocenters. The molecule has 0 unspecified atom stereocenters. The predicted octanol–water partition coefficient (Wildman–Crippen LogP) is 1.17. The Bertz CT molecular complexity index is 499. The van der Waals surface area contributed by atoms with Crippen molar-refractivity contribution in [1.82, 2.24) is 15.6 Å². The SMILES string of the molecule is C=C(C)COCCNC(=O)NCc1ccc(C(=O)O)nc1. The summed E-state index contributed by atoms with van der Waals surface area (Å²) in [4.78, 5) is 25.9. The molecule has 1 rings (SSSR count). The minimum atomic E-state index is -1.08. The monoisotopic (exact) mass is 293 g/mol. The molecule has 0 radical (unpaired) electrons. The van der Waals surface area contributed by atoms with Crippen LogP contribution in [0.5, 0.6) is 0 Å². The van der Waals surface area contributed by atoms with Crippen molar-refractivity contribution >= 4 is 12.0 Å². The summed E-state index contributed by atoms with van der Waals surface area (Å²) in [6.07, 6.45) is 1.42. The fraction of sp³-hybridized carbons (Fsp3) is 0.357. The number of nitrogens with zero attached hydrogens (tertiary/aromatic N) is 1. The average Bonchev–Trinajstić information content (AvgIpc) is 2.44. The van der Waals surface area contributed by atoms with Crippen molar-refractivity contribution in [3.8, 4) is 0 Å². The van der Waals surface area contributed by atoms with Gasteiger partial charge >= 0.3 is 12.0 Å². The van der Waals surface area contributed by atoms with Crippen LogP contribution >= 0.6 is 0 Å². The molecule has 1 aromatic rings. The molecule has 1 aromatic heterocycles. The Morgan fingerprint density at radius 2 is 2.14 bits per heavy atom. The van der Waals surface area contributed by atoms with Crippen LogP contribution in [-0.2, 0) is 11.3 Å². The molecule has 0 saturated heterocycles. The fourth-order valence-corrected chi connectivity index (χ4v) is 1.38. The molecule has 3 N–H and O–H groups in total. The third kappa shape index (κ3) is 7.07. The smallest absolute Gasteiger partial charge is 0.354 e. The number of amides is 2. The summed E-state index contributed by atoms with van der Waals surface area (Å²) in [5.74, 6) is -1.08. The van der Waals surface area contributed by atoms with Gasteiger partial charge in [-0.2, -0.15) is 0 Å². The summed E-state index contributed by atoms with van der Waals surface area (Å²) in [5, 5.41) is 14.0. The van der Waals surface area contributed by atoms with Crippen molar-refractivity contribution in [3.63, 3.8) is 0 Å². The Morgan fingerprint density at radius 1 is 1.38 bits per heavy atom. The van der Waals surface area contributed by atoms with Crippen LogP contribution in [0.1, 0.15) is 23.0 Å². The van der Waals surface area contributed by atoms with Crippen LogP contribution in [0.4, 0.5) is 4.79 Å². The third-order valence-corrected chi connectivity index (χ3v) is 2.38. The number of aromatic nitrogens is 1. The first-order valence-electron chi connectivity index (χ1n) is 6.41. The molecule has 0 fully saturated rings. The lowest BCUT2D eigenvalue weighted by atomic mass is 10.2. The summed E-state index contributed by atoms with van der Waals surface area (Å²) in [6, 6.07) is 2.67. The number of ether oxygens (including phenoxy) is 1. The molecule has 7 heteroatoms. The van der Waals surface area contributed by atoms with E-state index in [9.17, 15) is 9.59 Å². The number of aromatic carboxylic acids is 1. The first-order valence-corrected chi connectivity index (χ1v) is 6.41. The van der Waals surface area contributed by atoms with Gasteiger partial charge in [-0.05, 0) is 18.6 Å². The molecule has 0 saturated carbocycles. The Hall–Kier alpha value is -2.41. The molecule has 0 aliphatic heterocycles. The number of carboxylic acid groups (broad SMARTS) is 1. The topological polar surface area (TPSA) is 101 Å². The molecule has 0 aliphatic rings. The maximum Gasteiger partial charge on any atom is 0.354 e. The van der Waals surface area contributed by atoms with Crippen molar-refractivity contribution in [2.75, 3.05) is 19.8 Å². The molecule has 21 heavy (non-hydrogen) atoms. The number of nitrogens with one attached hydrogen (secondary N) is 2. The van der Waals surface area contributed by atoms with Crippen molar-refractivity contribution < 1.29 is 19.4 Å². The van der Waals surface area contributed by atoms with Gasteiger partial charge in [0.15, 0.2) is 0 Å². The van der Waals surface area contributed by atoms with Gasteiger partial charge in [0.25, 0.3) is 0 Å². The van der Waals surface area contributed by atoms with E-state index in [0.29, 0.717) is 25.3 Å². The van der Waals surface area contributed by atoms with Crippen molar-refractivity contribution in [3.05, 3.63) is 41.7 Å². The molecular formula is C14H19N3O4. The second kappa shape index (κ2) is 8.70. The summed E-state index contributed by atoms with van der Waals surface area (Å²) < 4.78 is 5.24. The van der Waals surface area contributed by atoms with E-state index >= 15 is 0 Å². The van der Waals surface area contributed by atoms with Gasteiger partial charge in [-0.3, -0.25) is 0 Å². The number of hydrogen-bond acceptors (Lipinski definition) is 4. The van der Waals surface area contributed by atoms with Crippen molar-refractivity contribution in [2.45, 2.75) is 13.5 Å². The maximum atomic E-state index is 11.5. The van der Waals surface area contributed by atoms with E-state index < -0.39 is 5.97 Å². The molecule has 0 bridgehead atoms. The van der Waals surface area contributed by atoms with Gasteiger partial charge in [0.2, 0.25) is 0 Å². The Kier molecular flexibility index (Phi) is 6.90. The lowest BCUT2D eigenvalue weighted by molar-refractivity contribution is 0.0690. The van der Waals surface area contributed by atoms with Crippen LogP contribution in [-0.4, -0.2) is 41.8 Å². The molecule has 114 valence electrons. The number of urea groups is 1. The van der Waals surface area contributed by atoms with E-state index in [1.807, 2.05) is 6.92 Å². The molecule has 0 spiro atoms. The highest BCUT2D eigenvalue weighted by Gasteiger charge is 2.04. The van der Waals surface area contributed by atoms with Gasteiger partial charge in [0.05, 0.1) is 13.2 Å². The highest BCUT2D eigenvalue weighted by molar-refractivity contribution is 5.85. The number of carbonyl (C=O) groups excluding carboxylic acids is 1. The molecule has 7 nitrogen and oxygen atoms in total. The Balaban J connectivity index is 2.20. The molecule has 0 aliphatic carbocycles. The Labute approximate surface area is 123 Å². The normalized spacial score (nSPS) is 9.95. The largest absolute Gasteiger partial charge is 0.477 e. The lowest BCUT2D eigenvalue weighted by Gasteiger charge is -2.08. The molecular weight excluding hydrogens is 274 g/mol. The number of rotatable bonds is 8. The lowest BCUT2D eigenvalue weighted by Crippen LogP contribution is -2.37. The van der Waals surface area contributed by atoms with E-state index in [-0.39, 0.29) is 18.3 Å². The van der Waals surface area contributed by atoms with E-state index in [1.165, 1.54) is 12.3 Å². The summed E-state index contributed by atoms with van der Waals surface area (Å²) in [7, 11) is 0. The van der Waals surface area contributed by atoms with Crippen LogP contribution in [0, 0.1) is 0 Å². The zero-order valence-electron chi connectivity index (χ0n) is 11.9. The summed E-state index contributed by atoms with van der Waals surface area (Å²) >= 11 is 0. The predicted molar refractivity (Wildman–Crippen MR) is 77.1 cm³/mol. The van der Waals surface area contributed by atoms with Gasteiger partial charge in [0.1, 0.15) is 5.69 Å². The minimum Gasteiger partial charge on any atom is -0.477 e. The van der Waals surface area contributed by atoms with Gasteiger partial charge in [-0.1, -0.05) is 18.2 Å². The number of pyridine rings is 1. The fourth-order valence-electron chi connectivity index (χ4n) is 1.38. The summed E-state index contributed by atoms with van der Waals surface area (Å²) in [6.45, 7) is 7.12. The number of carbonyl (C=O) groups is 2. The zero-order valence-corrected chi connectivity index (χ0v) is 11.9. The first kappa shape index (κ1) is 16.6. The number of hydrogen-bond donors (Lipinski definition) is 3. The van der Waals surface area contributed by atoms with Crippen LogP contribution in [0.15, 0.2) is 30.5 Å². The molecule has 1 heterocycles. The minimum absolute atomic E-state index is 0.0298. The summed E-state index contributed by atoms with van der Waals surface area (Å²) in [5.41, 5.74) is 1.61. The van der Waals surface area contributed by atoms with Gasteiger partial charge in [-0.15, -0.1) is 0 Å². The van der Waals surface area contributed by atoms with E-state index in [1.54, 1.807) is 6.07 Å². The molecule has 2 amide bonds. The van der Waals surface area contributed by atoms with Crippen LogP contribution in [0.2, 0.25) is 0 Å². The maximum absolute atomic E-state index is 11.5. The van der Waals surface area contributed by atoms with Gasteiger partial charge in [0, 0.05) is 19.3 Å². The third-order valence-electron chi connectivity index (χ3n) is 2.38.